The van der Waals surface area contributed by atoms with Crippen LogP contribution >= 0.6 is 0 Å². The summed E-state index contributed by atoms with van der Waals surface area (Å²) >= 11 is 0. The highest BCUT2D eigenvalue weighted by Gasteiger charge is 2.26. The summed E-state index contributed by atoms with van der Waals surface area (Å²) in [7, 11) is 1.62. The van der Waals surface area contributed by atoms with Crippen LogP contribution in [0.25, 0.3) is 0 Å². The number of amides is 1. The van der Waals surface area contributed by atoms with Crippen LogP contribution in [0, 0.1) is 13.8 Å². The maximum absolute atomic E-state index is 12.8. The highest BCUT2D eigenvalue weighted by atomic mass is 16.5. The number of rotatable bonds is 6. The Kier molecular flexibility index (Phi) is 6.61. The van der Waals surface area contributed by atoms with Crippen molar-refractivity contribution in [1.29, 1.82) is 0 Å². The van der Waals surface area contributed by atoms with Crippen LogP contribution in [0.2, 0.25) is 0 Å². The van der Waals surface area contributed by atoms with Crippen LogP contribution in [0.4, 0.5) is 11.6 Å². The molecule has 0 saturated carbocycles. The number of aromatic nitrogens is 3. The summed E-state index contributed by atoms with van der Waals surface area (Å²) in [6.45, 7) is 5.39. The highest BCUT2D eigenvalue weighted by molar-refractivity contribution is 5.79. The van der Waals surface area contributed by atoms with Gasteiger partial charge >= 0.3 is 0 Å². The first-order valence-corrected chi connectivity index (χ1v) is 10.6. The second-order valence-corrected chi connectivity index (χ2v) is 7.80. The zero-order valence-corrected chi connectivity index (χ0v) is 18.5. The number of anilines is 2. The number of pyridine rings is 1. The molecule has 32 heavy (non-hydrogen) atoms. The fourth-order valence-electron chi connectivity index (χ4n) is 3.70. The van der Waals surface area contributed by atoms with Gasteiger partial charge in [0.2, 0.25) is 11.9 Å². The molecule has 8 heteroatoms. The summed E-state index contributed by atoms with van der Waals surface area (Å²) < 4.78 is 11.1. The van der Waals surface area contributed by atoms with Crippen LogP contribution in [0.5, 0.6) is 5.75 Å². The molecule has 0 bridgehead atoms. The van der Waals surface area contributed by atoms with Gasteiger partial charge in [0.25, 0.3) is 0 Å². The predicted octanol–water partition coefficient (Wildman–Crippen LogP) is 3.38. The third kappa shape index (κ3) is 5.39. The van der Waals surface area contributed by atoms with Gasteiger partial charge < -0.3 is 19.7 Å². The number of hydrogen-bond donors (Lipinski definition) is 1. The van der Waals surface area contributed by atoms with E-state index in [1.807, 2.05) is 61.2 Å². The number of methoxy groups -OCH3 is 1. The molecule has 1 amide bonds. The van der Waals surface area contributed by atoms with Crippen molar-refractivity contribution in [3.63, 3.8) is 0 Å². The third-order valence-corrected chi connectivity index (χ3v) is 5.26. The van der Waals surface area contributed by atoms with Crippen molar-refractivity contribution in [2.75, 3.05) is 32.1 Å². The number of carbonyl (C=O) groups is 1. The first-order chi connectivity index (χ1) is 15.5. The number of ether oxygens (including phenoxy) is 2. The number of aryl methyl sites for hydroxylation is 2. The van der Waals surface area contributed by atoms with E-state index in [1.54, 1.807) is 13.3 Å². The lowest BCUT2D eigenvalue weighted by molar-refractivity contribution is -0.138. The van der Waals surface area contributed by atoms with Gasteiger partial charge in [-0.1, -0.05) is 12.1 Å². The lowest BCUT2D eigenvalue weighted by Crippen LogP contribution is -2.43. The summed E-state index contributed by atoms with van der Waals surface area (Å²) in [5.41, 5.74) is 4.31. The van der Waals surface area contributed by atoms with Gasteiger partial charge in [0.1, 0.15) is 11.9 Å². The molecule has 1 aliphatic heterocycles. The van der Waals surface area contributed by atoms with Crippen LogP contribution in [0.1, 0.15) is 28.7 Å². The molecule has 1 N–H and O–H groups in total. The van der Waals surface area contributed by atoms with Crippen LogP contribution in [-0.4, -0.2) is 52.6 Å². The number of morpholine rings is 1. The minimum absolute atomic E-state index is 0.0665. The van der Waals surface area contributed by atoms with E-state index >= 15 is 0 Å². The molecule has 0 spiro atoms. The van der Waals surface area contributed by atoms with E-state index < -0.39 is 0 Å². The Hall–Kier alpha value is -3.52. The number of benzene rings is 1. The fraction of sp³-hybridized carbons (Fsp3) is 0.333. The van der Waals surface area contributed by atoms with Gasteiger partial charge in [0.15, 0.2) is 0 Å². The van der Waals surface area contributed by atoms with E-state index in [9.17, 15) is 4.79 Å². The highest BCUT2D eigenvalue weighted by Crippen LogP contribution is 2.23. The molecule has 2 aromatic heterocycles. The SMILES string of the molecule is COc1cccc(CC(=O)N2CCO[C@H](c3ccc(Nc4nc(C)cc(C)n4)cn3)C2)c1. The van der Waals surface area contributed by atoms with Gasteiger partial charge in [0.05, 0.1) is 44.3 Å². The minimum Gasteiger partial charge on any atom is -0.497 e. The van der Waals surface area contributed by atoms with Gasteiger partial charge in [-0.3, -0.25) is 9.78 Å². The van der Waals surface area contributed by atoms with E-state index in [0.29, 0.717) is 32.1 Å². The van der Waals surface area contributed by atoms with Gasteiger partial charge in [-0.05, 0) is 49.7 Å². The molecule has 3 aromatic rings. The lowest BCUT2D eigenvalue weighted by Gasteiger charge is -2.32. The van der Waals surface area contributed by atoms with Gasteiger partial charge in [-0.25, -0.2) is 9.97 Å². The molecule has 1 fully saturated rings. The largest absolute Gasteiger partial charge is 0.497 e. The van der Waals surface area contributed by atoms with Crippen molar-refractivity contribution in [1.82, 2.24) is 19.9 Å². The molecular weight excluding hydrogens is 406 g/mol. The molecule has 0 radical (unpaired) electrons. The zero-order valence-electron chi connectivity index (χ0n) is 18.5. The molecule has 0 unspecified atom stereocenters. The molecule has 1 aromatic carbocycles. The van der Waals surface area contributed by atoms with Crippen molar-refractivity contribution < 1.29 is 14.3 Å². The maximum Gasteiger partial charge on any atom is 0.227 e. The Morgan fingerprint density at radius 2 is 2.00 bits per heavy atom. The topological polar surface area (TPSA) is 89.5 Å². The van der Waals surface area contributed by atoms with E-state index in [2.05, 4.69) is 20.3 Å². The molecule has 1 saturated heterocycles. The molecule has 166 valence electrons. The number of carbonyl (C=O) groups excluding carboxylic acids is 1. The van der Waals surface area contributed by atoms with Crippen LogP contribution in [-0.2, 0) is 16.0 Å². The Bertz CT molecular complexity index is 1070. The van der Waals surface area contributed by atoms with Crippen LogP contribution in [0.15, 0.2) is 48.7 Å². The van der Waals surface area contributed by atoms with E-state index in [1.165, 1.54) is 0 Å². The van der Waals surface area contributed by atoms with E-state index in [-0.39, 0.29) is 12.0 Å². The lowest BCUT2D eigenvalue weighted by atomic mass is 10.1. The van der Waals surface area contributed by atoms with E-state index in [0.717, 1.165) is 34.1 Å². The molecule has 1 aliphatic rings. The van der Waals surface area contributed by atoms with Crippen LogP contribution < -0.4 is 10.1 Å². The van der Waals surface area contributed by atoms with Crippen molar-refractivity contribution in [2.24, 2.45) is 0 Å². The fourth-order valence-corrected chi connectivity index (χ4v) is 3.70. The second kappa shape index (κ2) is 9.74. The molecule has 3 heterocycles. The van der Waals surface area contributed by atoms with Crippen molar-refractivity contribution in [3.8, 4) is 5.75 Å². The predicted molar refractivity (Wildman–Crippen MR) is 121 cm³/mol. The van der Waals surface area contributed by atoms with Crippen molar-refractivity contribution in [2.45, 2.75) is 26.4 Å². The van der Waals surface area contributed by atoms with Gasteiger partial charge in [0, 0.05) is 17.9 Å². The molecule has 1 atom stereocenters. The second-order valence-electron chi connectivity index (χ2n) is 7.80. The summed E-state index contributed by atoms with van der Waals surface area (Å²) in [5, 5.41) is 3.18. The van der Waals surface area contributed by atoms with Gasteiger partial charge in [-0.15, -0.1) is 0 Å². The Morgan fingerprint density at radius 1 is 1.19 bits per heavy atom. The monoisotopic (exact) mass is 433 g/mol. The summed E-state index contributed by atoms with van der Waals surface area (Å²) in [6, 6.07) is 13.3. The number of nitrogens with zero attached hydrogens (tertiary/aromatic N) is 4. The van der Waals surface area contributed by atoms with Crippen molar-refractivity contribution >= 4 is 17.5 Å². The summed E-state index contributed by atoms with van der Waals surface area (Å²) in [5.74, 6) is 1.36. The maximum atomic E-state index is 12.8. The molecule has 8 nitrogen and oxygen atoms in total. The standard InChI is InChI=1S/C24H27N5O3/c1-16-11-17(2)27-24(26-16)28-19-7-8-21(25-14-19)22-15-29(9-10-32-22)23(30)13-18-5-4-6-20(12-18)31-3/h4-8,11-12,14,22H,9-10,13,15H2,1-3H3,(H,26,27,28)/t22-/m0/s1. The van der Waals surface area contributed by atoms with Gasteiger partial charge in [-0.2, -0.15) is 0 Å². The Labute approximate surface area is 187 Å². The zero-order chi connectivity index (χ0) is 22.5. The van der Waals surface area contributed by atoms with E-state index in [4.69, 9.17) is 9.47 Å². The Morgan fingerprint density at radius 3 is 2.72 bits per heavy atom. The van der Waals surface area contributed by atoms with Crippen LogP contribution in [0.3, 0.4) is 0 Å². The average molecular weight is 434 g/mol. The minimum atomic E-state index is -0.260. The first kappa shape index (κ1) is 21.7. The Balaban J connectivity index is 1.38. The molecule has 4 rings (SSSR count). The summed E-state index contributed by atoms with van der Waals surface area (Å²) in [6.07, 6.45) is 1.80. The smallest absolute Gasteiger partial charge is 0.227 e. The van der Waals surface area contributed by atoms with Crippen molar-refractivity contribution in [3.05, 3.63) is 71.3 Å². The first-order valence-electron chi connectivity index (χ1n) is 10.6. The number of nitrogens with one attached hydrogen (secondary N) is 1. The molecular formula is C24H27N5O3. The third-order valence-electron chi connectivity index (χ3n) is 5.26. The average Bonchev–Trinajstić information content (AvgIpc) is 2.79. The quantitative estimate of drug-likeness (QED) is 0.637. The normalized spacial score (nSPS) is 16.0. The molecule has 0 aliphatic carbocycles. The number of hydrogen-bond acceptors (Lipinski definition) is 7. The summed E-state index contributed by atoms with van der Waals surface area (Å²) in [4.78, 5) is 28.0.